The summed E-state index contributed by atoms with van der Waals surface area (Å²) in [7, 11) is 0. The molecule has 0 saturated carbocycles. The van der Waals surface area contributed by atoms with Crippen LogP contribution >= 0.6 is 0 Å². The molecule has 1 saturated heterocycles. The predicted molar refractivity (Wildman–Crippen MR) is 80.3 cm³/mol. The molecule has 0 spiro atoms. The van der Waals surface area contributed by atoms with Crippen LogP contribution in [0.25, 0.3) is 0 Å². The van der Waals surface area contributed by atoms with Gasteiger partial charge in [-0.3, -0.25) is 19.7 Å². The van der Waals surface area contributed by atoms with E-state index in [0.29, 0.717) is 31.6 Å². The van der Waals surface area contributed by atoms with Crippen molar-refractivity contribution in [1.82, 2.24) is 5.32 Å². The van der Waals surface area contributed by atoms with Crippen LogP contribution in [0.1, 0.15) is 28.8 Å². The van der Waals surface area contributed by atoms with Crippen molar-refractivity contribution < 1.29 is 24.4 Å². The minimum atomic E-state index is -1.09. The Morgan fingerprint density at radius 1 is 1.39 bits per heavy atom. The number of para-hydroxylation sites is 1. The zero-order valence-corrected chi connectivity index (χ0v) is 12.7. The Labute approximate surface area is 132 Å². The van der Waals surface area contributed by atoms with Gasteiger partial charge >= 0.3 is 5.97 Å². The summed E-state index contributed by atoms with van der Waals surface area (Å²) in [6, 6.07) is 4.46. The number of carbonyl (C=O) groups excluding carboxylic acids is 1. The van der Waals surface area contributed by atoms with E-state index in [2.05, 4.69) is 5.32 Å². The Hall–Kier alpha value is -2.48. The molecular formula is C15H18N2O6. The van der Waals surface area contributed by atoms with E-state index in [0.717, 1.165) is 0 Å². The Morgan fingerprint density at radius 2 is 2.04 bits per heavy atom. The quantitative estimate of drug-likeness (QED) is 0.626. The second kappa shape index (κ2) is 6.74. The molecule has 0 radical (unpaired) electrons. The number of nitro groups is 1. The third-order valence-electron chi connectivity index (χ3n) is 4.16. The molecule has 1 aromatic carbocycles. The molecule has 0 aromatic heterocycles. The number of rotatable bonds is 5. The summed E-state index contributed by atoms with van der Waals surface area (Å²) in [4.78, 5) is 34.4. The van der Waals surface area contributed by atoms with Crippen LogP contribution < -0.4 is 5.32 Å². The number of aryl methyl sites for hydroxylation is 1. The molecule has 8 nitrogen and oxygen atoms in total. The topological polar surface area (TPSA) is 119 Å². The Bertz CT molecular complexity index is 637. The normalized spacial score (nSPS) is 16.6. The van der Waals surface area contributed by atoms with Gasteiger partial charge in [0.2, 0.25) is 0 Å². The molecule has 1 heterocycles. The van der Waals surface area contributed by atoms with Crippen LogP contribution in [0.4, 0.5) is 5.69 Å². The monoisotopic (exact) mass is 322 g/mol. The second-order valence-electron chi connectivity index (χ2n) is 5.61. The van der Waals surface area contributed by atoms with Crippen LogP contribution in [0.2, 0.25) is 0 Å². The van der Waals surface area contributed by atoms with Gasteiger partial charge in [0.15, 0.2) is 0 Å². The van der Waals surface area contributed by atoms with Crippen LogP contribution in [0.5, 0.6) is 0 Å². The first-order valence-corrected chi connectivity index (χ1v) is 7.21. The van der Waals surface area contributed by atoms with Gasteiger partial charge in [0.1, 0.15) is 5.56 Å². The zero-order chi connectivity index (χ0) is 17.0. The van der Waals surface area contributed by atoms with Gasteiger partial charge in [0.05, 0.1) is 10.3 Å². The lowest BCUT2D eigenvalue weighted by atomic mass is 9.80. The maximum Gasteiger partial charge on any atom is 0.311 e. The highest BCUT2D eigenvalue weighted by Gasteiger charge is 2.40. The lowest BCUT2D eigenvalue weighted by Crippen LogP contribution is -2.46. The molecule has 23 heavy (non-hydrogen) atoms. The Morgan fingerprint density at radius 3 is 2.61 bits per heavy atom. The number of carboxylic acid groups (broad SMARTS) is 1. The van der Waals surface area contributed by atoms with Crippen molar-refractivity contribution in [3.63, 3.8) is 0 Å². The lowest BCUT2D eigenvalue weighted by molar-refractivity contribution is -0.385. The summed E-state index contributed by atoms with van der Waals surface area (Å²) in [5.41, 5.74) is -1.04. The third kappa shape index (κ3) is 3.48. The number of ether oxygens (including phenoxy) is 1. The van der Waals surface area contributed by atoms with E-state index in [-0.39, 0.29) is 17.8 Å². The number of hydrogen-bond donors (Lipinski definition) is 2. The number of amides is 1. The van der Waals surface area contributed by atoms with E-state index in [1.165, 1.54) is 6.07 Å². The summed E-state index contributed by atoms with van der Waals surface area (Å²) in [6.07, 6.45) is 0.580. The molecular weight excluding hydrogens is 304 g/mol. The minimum Gasteiger partial charge on any atom is -0.481 e. The highest BCUT2D eigenvalue weighted by molar-refractivity contribution is 5.98. The van der Waals surface area contributed by atoms with Gasteiger partial charge < -0.3 is 15.2 Å². The lowest BCUT2D eigenvalue weighted by Gasteiger charge is -2.33. The number of nitrogens with zero attached hydrogens (tertiary/aromatic N) is 1. The van der Waals surface area contributed by atoms with Gasteiger partial charge in [-0.05, 0) is 25.8 Å². The number of nitro benzene ring substituents is 1. The van der Waals surface area contributed by atoms with Gasteiger partial charge in [0, 0.05) is 25.3 Å². The average molecular weight is 322 g/mol. The van der Waals surface area contributed by atoms with E-state index >= 15 is 0 Å². The molecule has 1 fully saturated rings. The zero-order valence-electron chi connectivity index (χ0n) is 12.7. The Kier molecular flexibility index (Phi) is 4.95. The summed E-state index contributed by atoms with van der Waals surface area (Å²) in [5, 5.41) is 23.1. The highest BCUT2D eigenvalue weighted by atomic mass is 16.6. The number of carbonyl (C=O) groups is 2. The van der Waals surface area contributed by atoms with Gasteiger partial charge in [0.25, 0.3) is 11.6 Å². The summed E-state index contributed by atoms with van der Waals surface area (Å²) < 4.78 is 5.17. The van der Waals surface area contributed by atoms with E-state index in [1.807, 2.05) is 0 Å². The molecule has 2 N–H and O–H groups in total. The fourth-order valence-electron chi connectivity index (χ4n) is 2.66. The fourth-order valence-corrected chi connectivity index (χ4v) is 2.66. The number of hydrogen-bond acceptors (Lipinski definition) is 5. The largest absolute Gasteiger partial charge is 0.481 e. The molecule has 1 aliphatic rings. The molecule has 8 heteroatoms. The van der Waals surface area contributed by atoms with E-state index in [4.69, 9.17) is 4.74 Å². The van der Waals surface area contributed by atoms with Crippen molar-refractivity contribution in [3.8, 4) is 0 Å². The van der Waals surface area contributed by atoms with Crippen molar-refractivity contribution in [2.75, 3.05) is 19.8 Å². The van der Waals surface area contributed by atoms with Crippen molar-refractivity contribution in [3.05, 3.63) is 39.4 Å². The summed E-state index contributed by atoms with van der Waals surface area (Å²) in [6.45, 7) is 2.08. The third-order valence-corrected chi connectivity index (χ3v) is 4.16. The van der Waals surface area contributed by atoms with Gasteiger partial charge in [-0.1, -0.05) is 12.1 Å². The molecule has 124 valence electrons. The van der Waals surface area contributed by atoms with Gasteiger partial charge in [-0.25, -0.2) is 0 Å². The number of nitrogens with one attached hydrogen (secondary N) is 1. The van der Waals surface area contributed by atoms with E-state index in [9.17, 15) is 24.8 Å². The molecule has 1 aromatic rings. The van der Waals surface area contributed by atoms with Crippen LogP contribution in [0.15, 0.2) is 18.2 Å². The van der Waals surface area contributed by atoms with Gasteiger partial charge in [-0.15, -0.1) is 0 Å². The van der Waals surface area contributed by atoms with Gasteiger partial charge in [-0.2, -0.15) is 0 Å². The number of benzene rings is 1. The van der Waals surface area contributed by atoms with Crippen molar-refractivity contribution >= 4 is 17.6 Å². The molecule has 0 unspecified atom stereocenters. The predicted octanol–water partition coefficient (Wildman–Crippen LogP) is 1.51. The first-order valence-electron chi connectivity index (χ1n) is 7.21. The first-order chi connectivity index (χ1) is 10.9. The number of aliphatic carboxylic acids is 1. The SMILES string of the molecule is Cc1cccc(C(=O)NCC2(C(=O)O)CCOCC2)c1[N+](=O)[O-]. The average Bonchev–Trinajstić information content (AvgIpc) is 2.52. The van der Waals surface area contributed by atoms with Crippen molar-refractivity contribution in [2.45, 2.75) is 19.8 Å². The number of carboxylic acids is 1. The standard InChI is InChI=1S/C15H18N2O6/c1-10-3-2-4-11(12(10)17(21)22)13(18)16-9-15(14(19)20)5-7-23-8-6-15/h2-4H,5-9H2,1H3,(H,16,18)(H,19,20). The maximum absolute atomic E-state index is 12.3. The molecule has 1 aliphatic heterocycles. The van der Waals surface area contributed by atoms with Crippen molar-refractivity contribution in [2.24, 2.45) is 5.41 Å². The minimum absolute atomic E-state index is 0.0670. The van der Waals surface area contributed by atoms with Crippen LogP contribution in [-0.4, -0.2) is 41.7 Å². The second-order valence-corrected chi connectivity index (χ2v) is 5.61. The smallest absolute Gasteiger partial charge is 0.311 e. The highest BCUT2D eigenvalue weighted by Crippen LogP contribution is 2.30. The molecule has 0 bridgehead atoms. The maximum atomic E-state index is 12.3. The molecule has 0 atom stereocenters. The summed E-state index contributed by atoms with van der Waals surface area (Å²) in [5.74, 6) is -1.65. The first kappa shape index (κ1) is 16.9. The molecule has 0 aliphatic carbocycles. The van der Waals surface area contributed by atoms with Crippen LogP contribution in [0, 0.1) is 22.5 Å². The fraction of sp³-hybridized carbons (Fsp3) is 0.467. The van der Waals surface area contributed by atoms with E-state index in [1.54, 1.807) is 19.1 Å². The Balaban J connectivity index is 2.18. The molecule has 1 amide bonds. The van der Waals surface area contributed by atoms with Crippen LogP contribution in [-0.2, 0) is 9.53 Å². The molecule has 2 rings (SSSR count). The van der Waals surface area contributed by atoms with Crippen LogP contribution in [0.3, 0.4) is 0 Å². The van der Waals surface area contributed by atoms with E-state index < -0.39 is 22.2 Å². The van der Waals surface area contributed by atoms with Crippen molar-refractivity contribution in [1.29, 1.82) is 0 Å². The summed E-state index contributed by atoms with van der Waals surface area (Å²) >= 11 is 0.